The average Bonchev–Trinajstić information content (AvgIpc) is 2.98. The molecule has 1 amide bonds. The van der Waals surface area contributed by atoms with Gasteiger partial charge in [-0.3, -0.25) is 4.79 Å². The SMILES string of the molecule is CC1CCN(C(=O)C2CC2c2cc(-c3ccccc3)cs2)C1. The molecule has 1 aliphatic carbocycles. The van der Waals surface area contributed by atoms with E-state index in [1.165, 1.54) is 22.4 Å². The standard InChI is InChI=1S/C19H21NOS/c1-13-7-8-20(11-13)19(21)17-10-16(17)18-9-15(12-22-18)14-5-3-2-4-6-14/h2-6,9,12-13,16-17H,7-8,10-11H2,1H3. The highest BCUT2D eigenvalue weighted by Crippen LogP contribution is 2.51. The summed E-state index contributed by atoms with van der Waals surface area (Å²) in [6, 6.07) is 12.8. The van der Waals surface area contributed by atoms with Crippen LogP contribution in [0.5, 0.6) is 0 Å². The van der Waals surface area contributed by atoms with Crippen LogP contribution in [-0.4, -0.2) is 23.9 Å². The zero-order valence-electron chi connectivity index (χ0n) is 12.9. The number of hydrogen-bond acceptors (Lipinski definition) is 2. The van der Waals surface area contributed by atoms with Gasteiger partial charge >= 0.3 is 0 Å². The molecule has 0 bridgehead atoms. The predicted octanol–water partition coefficient (Wildman–Crippen LogP) is 4.39. The van der Waals surface area contributed by atoms with Crippen molar-refractivity contribution >= 4 is 17.2 Å². The van der Waals surface area contributed by atoms with Crippen LogP contribution in [-0.2, 0) is 4.79 Å². The average molecular weight is 311 g/mol. The van der Waals surface area contributed by atoms with Gasteiger partial charge in [0.15, 0.2) is 0 Å². The van der Waals surface area contributed by atoms with Gasteiger partial charge in [0.25, 0.3) is 0 Å². The Bertz CT molecular complexity index is 678. The molecule has 0 N–H and O–H groups in total. The van der Waals surface area contributed by atoms with Gasteiger partial charge in [-0.25, -0.2) is 0 Å². The first kappa shape index (κ1) is 14.0. The Morgan fingerprint density at radius 2 is 2.05 bits per heavy atom. The van der Waals surface area contributed by atoms with E-state index in [2.05, 4.69) is 47.5 Å². The molecule has 22 heavy (non-hydrogen) atoms. The van der Waals surface area contributed by atoms with E-state index in [0.29, 0.717) is 17.7 Å². The van der Waals surface area contributed by atoms with Crippen molar-refractivity contribution in [3.8, 4) is 11.1 Å². The summed E-state index contributed by atoms with van der Waals surface area (Å²) in [4.78, 5) is 16.0. The summed E-state index contributed by atoms with van der Waals surface area (Å²) in [5.74, 6) is 1.77. The van der Waals surface area contributed by atoms with Crippen molar-refractivity contribution in [2.24, 2.45) is 11.8 Å². The van der Waals surface area contributed by atoms with E-state index >= 15 is 0 Å². The third kappa shape index (κ3) is 2.58. The summed E-state index contributed by atoms with van der Waals surface area (Å²) in [5.41, 5.74) is 2.55. The van der Waals surface area contributed by atoms with Crippen LogP contribution in [0.2, 0.25) is 0 Å². The van der Waals surface area contributed by atoms with Crippen molar-refractivity contribution in [1.82, 2.24) is 4.90 Å². The van der Waals surface area contributed by atoms with Gasteiger partial charge in [0.1, 0.15) is 0 Å². The first-order valence-electron chi connectivity index (χ1n) is 8.15. The smallest absolute Gasteiger partial charge is 0.226 e. The molecule has 3 heteroatoms. The lowest BCUT2D eigenvalue weighted by Crippen LogP contribution is -2.30. The summed E-state index contributed by atoms with van der Waals surface area (Å²) in [7, 11) is 0. The normalized spacial score (nSPS) is 27.1. The monoisotopic (exact) mass is 311 g/mol. The van der Waals surface area contributed by atoms with Crippen LogP contribution in [0.4, 0.5) is 0 Å². The van der Waals surface area contributed by atoms with E-state index in [1.54, 1.807) is 0 Å². The van der Waals surface area contributed by atoms with Crippen LogP contribution in [0.1, 0.15) is 30.6 Å². The molecule has 2 aromatic rings. The molecule has 1 saturated heterocycles. The third-order valence-corrected chi connectivity index (χ3v) is 6.00. The highest BCUT2D eigenvalue weighted by molar-refractivity contribution is 7.10. The van der Waals surface area contributed by atoms with Crippen LogP contribution >= 0.6 is 11.3 Å². The highest BCUT2D eigenvalue weighted by atomic mass is 32.1. The van der Waals surface area contributed by atoms with Gasteiger partial charge < -0.3 is 4.90 Å². The molecule has 2 heterocycles. The minimum atomic E-state index is 0.243. The number of carbonyl (C=O) groups excluding carboxylic acids is 1. The second kappa shape index (κ2) is 5.54. The summed E-state index contributed by atoms with van der Waals surface area (Å²) < 4.78 is 0. The summed E-state index contributed by atoms with van der Waals surface area (Å²) in [6.45, 7) is 4.16. The van der Waals surface area contributed by atoms with Gasteiger partial charge in [-0.2, -0.15) is 0 Å². The summed E-state index contributed by atoms with van der Waals surface area (Å²) in [5, 5.41) is 2.22. The van der Waals surface area contributed by atoms with Gasteiger partial charge in [0, 0.05) is 29.8 Å². The summed E-state index contributed by atoms with van der Waals surface area (Å²) >= 11 is 1.81. The van der Waals surface area contributed by atoms with Crippen molar-refractivity contribution in [3.05, 3.63) is 46.7 Å². The Labute approximate surface area is 135 Å². The van der Waals surface area contributed by atoms with Crippen LogP contribution < -0.4 is 0 Å². The lowest BCUT2D eigenvalue weighted by atomic mass is 10.1. The fraction of sp³-hybridized carbons (Fsp3) is 0.421. The number of hydrogen-bond donors (Lipinski definition) is 0. The quantitative estimate of drug-likeness (QED) is 0.823. The molecule has 2 aliphatic rings. The summed E-state index contributed by atoms with van der Waals surface area (Å²) in [6.07, 6.45) is 2.21. The Hall–Kier alpha value is -1.61. The van der Waals surface area contributed by atoms with Crippen LogP contribution in [0.3, 0.4) is 0 Å². The number of thiophene rings is 1. The van der Waals surface area contributed by atoms with Gasteiger partial charge in [-0.05, 0) is 41.3 Å². The van der Waals surface area contributed by atoms with E-state index in [4.69, 9.17) is 0 Å². The van der Waals surface area contributed by atoms with Gasteiger partial charge in [-0.15, -0.1) is 11.3 Å². The number of rotatable bonds is 3. The zero-order valence-corrected chi connectivity index (χ0v) is 13.7. The van der Waals surface area contributed by atoms with Crippen molar-refractivity contribution in [2.45, 2.75) is 25.7 Å². The highest BCUT2D eigenvalue weighted by Gasteiger charge is 2.47. The molecule has 1 aromatic carbocycles. The molecule has 0 radical (unpaired) electrons. The number of benzene rings is 1. The third-order valence-electron chi connectivity index (χ3n) is 4.94. The molecule has 2 nitrogen and oxygen atoms in total. The molecule has 0 spiro atoms. The van der Waals surface area contributed by atoms with E-state index < -0.39 is 0 Å². The largest absolute Gasteiger partial charge is 0.342 e. The minimum absolute atomic E-state index is 0.243. The number of likely N-dealkylation sites (tertiary alicyclic amines) is 1. The maximum atomic E-state index is 12.5. The van der Waals surface area contributed by atoms with Crippen LogP contribution in [0.25, 0.3) is 11.1 Å². The molecular formula is C19H21NOS. The van der Waals surface area contributed by atoms with Crippen molar-refractivity contribution in [2.75, 3.05) is 13.1 Å². The van der Waals surface area contributed by atoms with Crippen molar-refractivity contribution in [3.63, 3.8) is 0 Å². The molecule has 2 fully saturated rings. The lowest BCUT2D eigenvalue weighted by molar-refractivity contribution is -0.131. The fourth-order valence-electron chi connectivity index (χ4n) is 3.48. The first-order valence-corrected chi connectivity index (χ1v) is 9.03. The Morgan fingerprint density at radius 3 is 2.77 bits per heavy atom. The van der Waals surface area contributed by atoms with Gasteiger partial charge in [0.05, 0.1) is 0 Å². The zero-order chi connectivity index (χ0) is 15.1. The number of nitrogens with zero attached hydrogens (tertiary/aromatic N) is 1. The number of amides is 1. The van der Waals surface area contributed by atoms with Gasteiger partial charge in [-0.1, -0.05) is 37.3 Å². The predicted molar refractivity (Wildman–Crippen MR) is 91.0 cm³/mol. The van der Waals surface area contributed by atoms with E-state index in [1.807, 2.05) is 17.4 Å². The Balaban J connectivity index is 1.44. The fourth-order valence-corrected chi connectivity index (χ4v) is 4.58. The van der Waals surface area contributed by atoms with E-state index in [0.717, 1.165) is 19.5 Å². The molecule has 1 saturated carbocycles. The second-order valence-electron chi connectivity index (χ2n) is 6.73. The minimum Gasteiger partial charge on any atom is -0.342 e. The lowest BCUT2D eigenvalue weighted by Gasteiger charge is -2.15. The van der Waals surface area contributed by atoms with Crippen molar-refractivity contribution < 1.29 is 4.79 Å². The van der Waals surface area contributed by atoms with Crippen LogP contribution in [0.15, 0.2) is 41.8 Å². The van der Waals surface area contributed by atoms with Gasteiger partial charge in [0.2, 0.25) is 5.91 Å². The first-order chi connectivity index (χ1) is 10.7. The Morgan fingerprint density at radius 1 is 1.23 bits per heavy atom. The van der Waals surface area contributed by atoms with E-state index in [9.17, 15) is 4.79 Å². The molecule has 3 atom stereocenters. The molecule has 4 rings (SSSR count). The van der Waals surface area contributed by atoms with E-state index in [-0.39, 0.29) is 5.92 Å². The van der Waals surface area contributed by atoms with Crippen LogP contribution in [0, 0.1) is 11.8 Å². The molecule has 3 unspecified atom stereocenters. The molecule has 1 aromatic heterocycles. The second-order valence-corrected chi connectivity index (χ2v) is 7.67. The topological polar surface area (TPSA) is 20.3 Å². The Kier molecular flexibility index (Phi) is 3.53. The van der Waals surface area contributed by atoms with Crippen molar-refractivity contribution in [1.29, 1.82) is 0 Å². The molecular weight excluding hydrogens is 290 g/mol. The maximum absolute atomic E-state index is 12.5. The molecule has 1 aliphatic heterocycles. The maximum Gasteiger partial charge on any atom is 0.226 e. The molecule has 114 valence electrons. The number of carbonyl (C=O) groups is 1.